The molecule has 0 aliphatic carbocycles. The first-order chi connectivity index (χ1) is 14.8. The summed E-state index contributed by atoms with van der Waals surface area (Å²) in [5.74, 6) is 0.842. The zero-order chi connectivity index (χ0) is 21.8. The first kappa shape index (κ1) is 14.8. The molecule has 0 unspecified atom stereocenters. The Labute approximate surface area is 175 Å². The molecule has 2 aliphatic rings. The lowest BCUT2D eigenvalue weighted by atomic mass is 9.75. The van der Waals surface area contributed by atoms with Crippen molar-refractivity contribution in [1.29, 1.82) is 0 Å². The number of fused-ring (bicyclic) bond motifs is 2. The van der Waals surface area contributed by atoms with Crippen LogP contribution < -0.4 is 0 Å². The van der Waals surface area contributed by atoms with Crippen LogP contribution in [0.2, 0.25) is 5.02 Å². The van der Waals surface area contributed by atoms with E-state index < -0.39 is 6.98 Å². The van der Waals surface area contributed by atoms with Crippen molar-refractivity contribution < 1.29 is 8.64 Å². The van der Waals surface area contributed by atoms with Crippen LogP contribution in [0.1, 0.15) is 52.1 Å². The zero-order valence-electron chi connectivity index (χ0n) is 18.8. The van der Waals surface area contributed by atoms with Crippen molar-refractivity contribution >= 4 is 11.6 Å². The quantitative estimate of drug-likeness (QED) is 0.541. The van der Waals surface area contributed by atoms with Gasteiger partial charge in [-0.15, -0.1) is 0 Å². The van der Waals surface area contributed by atoms with E-state index in [2.05, 4.69) is 36.3 Å². The second kappa shape index (κ2) is 7.06. The third-order valence-corrected chi connectivity index (χ3v) is 6.67. The summed E-state index contributed by atoms with van der Waals surface area (Å²) in [6.07, 6.45) is 2.52. The number of nitrogens with zero attached hydrogens (tertiary/aromatic N) is 2. The number of hydrogen-bond donors (Lipinski definition) is 0. The molecule has 144 valence electrons. The molecule has 3 aromatic rings. The number of aryl methyl sites for hydroxylation is 1. The summed E-state index contributed by atoms with van der Waals surface area (Å²) >= 11 is 6.13. The fourth-order valence-corrected chi connectivity index (χ4v) is 5.08. The van der Waals surface area contributed by atoms with Crippen LogP contribution in [0.5, 0.6) is 0 Å². The lowest BCUT2D eigenvalue weighted by Crippen LogP contribution is -2.44. The van der Waals surface area contributed by atoms with E-state index in [-0.39, 0.29) is 23.9 Å². The van der Waals surface area contributed by atoms with Gasteiger partial charge in [0.05, 0.1) is 0 Å². The van der Waals surface area contributed by atoms with Crippen molar-refractivity contribution in [2.45, 2.75) is 50.1 Å². The summed E-state index contributed by atoms with van der Waals surface area (Å²) in [7, 11) is 0. The Morgan fingerprint density at radius 2 is 1.89 bits per heavy atom. The Hall–Kier alpha value is -2.10. The zero-order valence-corrected chi connectivity index (χ0v) is 16.6. The minimum atomic E-state index is -2.12. The van der Waals surface area contributed by atoms with Crippen molar-refractivity contribution in [2.75, 3.05) is 6.98 Å². The second-order valence-electron chi connectivity index (χ2n) is 8.11. The van der Waals surface area contributed by atoms with Crippen LogP contribution in [0.4, 0.5) is 0 Å². The number of benzene rings is 2. The molecular formula is C24H25ClN2O. The van der Waals surface area contributed by atoms with Gasteiger partial charge in [0.1, 0.15) is 11.5 Å². The highest BCUT2D eigenvalue weighted by molar-refractivity contribution is 6.30. The van der Waals surface area contributed by atoms with E-state index in [0.29, 0.717) is 5.02 Å². The van der Waals surface area contributed by atoms with Gasteiger partial charge in [-0.3, -0.25) is 4.90 Å². The fraction of sp³-hybridized carbons (Fsp3) is 0.375. The Balaban J connectivity index is 1.56. The maximum absolute atomic E-state index is 8.13. The van der Waals surface area contributed by atoms with Crippen molar-refractivity contribution in [3.05, 3.63) is 76.5 Å². The molecule has 0 amide bonds. The van der Waals surface area contributed by atoms with Crippen molar-refractivity contribution in [1.82, 2.24) is 10.1 Å². The molecule has 4 heteroatoms. The maximum Gasteiger partial charge on any atom is 0.142 e. The number of piperidine rings is 1. The van der Waals surface area contributed by atoms with E-state index in [4.69, 9.17) is 20.2 Å². The fourth-order valence-electron chi connectivity index (χ4n) is 4.95. The smallest absolute Gasteiger partial charge is 0.142 e. The van der Waals surface area contributed by atoms with Crippen LogP contribution in [0.3, 0.4) is 0 Å². The van der Waals surface area contributed by atoms with Gasteiger partial charge in [0.15, 0.2) is 0 Å². The minimum absolute atomic E-state index is 0.0499. The number of rotatable bonds is 3. The highest BCUT2D eigenvalue weighted by Crippen LogP contribution is 2.51. The normalized spacial score (nSPS) is 29.3. The molecule has 2 aliphatic heterocycles. The van der Waals surface area contributed by atoms with Gasteiger partial charge in [0, 0.05) is 38.8 Å². The van der Waals surface area contributed by atoms with Crippen LogP contribution in [0, 0.1) is 6.92 Å². The first-order valence-electron chi connectivity index (χ1n) is 11.4. The van der Waals surface area contributed by atoms with Crippen LogP contribution in [-0.2, 0) is 0 Å². The predicted octanol–water partition coefficient (Wildman–Crippen LogP) is 6.04. The summed E-state index contributed by atoms with van der Waals surface area (Å²) in [5.41, 5.74) is 4.14. The van der Waals surface area contributed by atoms with Gasteiger partial charge in [-0.2, -0.15) is 0 Å². The predicted molar refractivity (Wildman–Crippen MR) is 113 cm³/mol. The molecule has 5 rings (SSSR count). The molecule has 0 spiro atoms. The average molecular weight is 396 g/mol. The van der Waals surface area contributed by atoms with Crippen molar-refractivity contribution in [3.8, 4) is 11.3 Å². The van der Waals surface area contributed by atoms with E-state index in [1.165, 1.54) is 11.1 Å². The van der Waals surface area contributed by atoms with Gasteiger partial charge >= 0.3 is 0 Å². The molecule has 28 heavy (non-hydrogen) atoms. The molecule has 2 bridgehead atoms. The van der Waals surface area contributed by atoms with Gasteiger partial charge in [0.25, 0.3) is 0 Å². The molecule has 3 heterocycles. The van der Waals surface area contributed by atoms with Gasteiger partial charge in [0.2, 0.25) is 0 Å². The van der Waals surface area contributed by atoms with E-state index in [9.17, 15) is 0 Å². The van der Waals surface area contributed by atoms with Gasteiger partial charge in [-0.05, 0) is 56.8 Å². The standard InChI is InChI=1S/C24H25ClN2O/c1-15-3-5-17(6-4-15)21-14-23(28-26-21)24-20(16-7-9-18(25)10-8-16)13-19-11-12-22(24)27(19)2/h3-10,14,19-20,22,24H,11-13H2,1-2H3/t19-,20+,22+,24-/m0/s1/i2D3. The Morgan fingerprint density at radius 3 is 2.64 bits per heavy atom. The lowest BCUT2D eigenvalue weighted by Gasteiger charge is -2.42. The molecule has 2 fully saturated rings. The van der Waals surface area contributed by atoms with Crippen LogP contribution >= 0.6 is 11.6 Å². The SMILES string of the molecule is [2H]C([2H])([2H])N1[C@H]2CC[C@@H]1[C@@H](c1cc(-c3ccc(C)cc3)no1)[C@@H](c1ccc(Cl)cc1)C2. The molecular weight excluding hydrogens is 368 g/mol. The molecule has 2 saturated heterocycles. The molecule has 4 atom stereocenters. The van der Waals surface area contributed by atoms with E-state index >= 15 is 0 Å². The number of hydrogen-bond acceptors (Lipinski definition) is 3. The molecule has 3 nitrogen and oxygen atoms in total. The highest BCUT2D eigenvalue weighted by Gasteiger charge is 2.48. The molecule has 0 saturated carbocycles. The van der Waals surface area contributed by atoms with E-state index in [1.807, 2.05) is 30.3 Å². The summed E-state index contributed by atoms with van der Waals surface area (Å²) < 4.78 is 30.3. The van der Waals surface area contributed by atoms with Crippen molar-refractivity contribution in [2.24, 2.45) is 0 Å². The summed E-state index contributed by atoms with van der Waals surface area (Å²) in [5, 5.41) is 5.05. The van der Waals surface area contributed by atoms with Gasteiger partial charge in [-0.25, -0.2) is 0 Å². The molecule has 0 radical (unpaired) electrons. The number of likely N-dealkylation sites (N-methyl/N-ethyl adjacent to an activating group) is 1. The van der Waals surface area contributed by atoms with Crippen molar-refractivity contribution in [3.63, 3.8) is 0 Å². The summed E-state index contributed by atoms with van der Waals surface area (Å²) in [6, 6.07) is 18.0. The maximum atomic E-state index is 8.13. The average Bonchev–Trinajstić information content (AvgIpc) is 3.34. The molecule has 0 N–H and O–H groups in total. The molecule has 2 aromatic carbocycles. The van der Waals surface area contributed by atoms with Crippen LogP contribution in [-0.4, -0.2) is 29.1 Å². The molecule has 1 aromatic heterocycles. The van der Waals surface area contributed by atoms with E-state index in [0.717, 1.165) is 36.3 Å². The van der Waals surface area contributed by atoms with Crippen LogP contribution in [0.15, 0.2) is 59.1 Å². The minimum Gasteiger partial charge on any atom is -0.360 e. The van der Waals surface area contributed by atoms with Crippen LogP contribution in [0.25, 0.3) is 11.3 Å². The van der Waals surface area contributed by atoms with Gasteiger partial charge < -0.3 is 4.52 Å². The topological polar surface area (TPSA) is 29.3 Å². The third kappa shape index (κ3) is 3.07. The Morgan fingerprint density at radius 1 is 1.11 bits per heavy atom. The number of aromatic nitrogens is 1. The monoisotopic (exact) mass is 395 g/mol. The Kier molecular flexibility index (Phi) is 3.74. The summed E-state index contributed by atoms with van der Waals surface area (Å²) in [4.78, 5) is 1.75. The van der Waals surface area contributed by atoms with Gasteiger partial charge in [-0.1, -0.05) is 58.7 Å². The third-order valence-electron chi connectivity index (χ3n) is 6.42. The highest BCUT2D eigenvalue weighted by atomic mass is 35.5. The number of halogens is 1. The summed E-state index contributed by atoms with van der Waals surface area (Å²) in [6.45, 7) is -0.0640. The lowest BCUT2D eigenvalue weighted by molar-refractivity contribution is 0.122. The Bertz CT molecular complexity index is 1060. The van der Waals surface area contributed by atoms with E-state index in [1.54, 1.807) is 4.90 Å². The first-order valence-corrected chi connectivity index (χ1v) is 10.3. The largest absolute Gasteiger partial charge is 0.360 e. The second-order valence-corrected chi connectivity index (χ2v) is 8.54.